The van der Waals surface area contributed by atoms with Crippen molar-refractivity contribution >= 4 is 28.8 Å². The van der Waals surface area contributed by atoms with Gasteiger partial charge in [-0.15, -0.1) is 0 Å². The minimum absolute atomic E-state index is 0.167. The maximum absolute atomic E-state index is 13.7. The summed E-state index contributed by atoms with van der Waals surface area (Å²) in [7, 11) is 1.53. The predicted molar refractivity (Wildman–Crippen MR) is 131 cm³/mol. The molecule has 0 aromatic heterocycles. The Bertz CT molecular complexity index is 1230. The molecule has 1 aliphatic rings. The van der Waals surface area contributed by atoms with Crippen molar-refractivity contribution in [2.24, 2.45) is 0 Å². The summed E-state index contributed by atoms with van der Waals surface area (Å²) in [5.74, 6) is 0.877. The predicted octanol–water partition coefficient (Wildman–Crippen LogP) is 4.89. The van der Waals surface area contributed by atoms with E-state index >= 15 is 0 Å². The fourth-order valence-corrected chi connectivity index (χ4v) is 3.81. The molecular formula is C27H26N2O5. The molecule has 3 aromatic rings. The Morgan fingerprint density at radius 1 is 0.794 bits per heavy atom. The van der Waals surface area contributed by atoms with E-state index < -0.39 is 11.8 Å². The van der Waals surface area contributed by atoms with Gasteiger partial charge < -0.3 is 19.5 Å². The van der Waals surface area contributed by atoms with Crippen molar-refractivity contribution in [3.8, 4) is 17.2 Å². The van der Waals surface area contributed by atoms with Gasteiger partial charge in [-0.1, -0.05) is 24.3 Å². The van der Waals surface area contributed by atoms with Crippen LogP contribution in [0.15, 0.2) is 78.5 Å². The number of para-hydroxylation sites is 1. The van der Waals surface area contributed by atoms with Gasteiger partial charge in [0.1, 0.15) is 22.9 Å². The van der Waals surface area contributed by atoms with Crippen LogP contribution in [0, 0.1) is 0 Å². The van der Waals surface area contributed by atoms with Crippen molar-refractivity contribution in [3.05, 3.63) is 84.1 Å². The number of hydrogen-bond donors (Lipinski definition) is 1. The van der Waals surface area contributed by atoms with Crippen LogP contribution in [0.25, 0.3) is 5.57 Å². The molecule has 0 bridgehead atoms. The van der Waals surface area contributed by atoms with Crippen LogP contribution >= 0.6 is 0 Å². The van der Waals surface area contributed by atoms with Crippen molar-refractivity contribution in [1.82, 2.24) is 0 Å². The number of carbonyl (C=O) groups is 2. The second-order valence-electron chi connectivity index (χ2n) is 7.41. The smallest absolute Gasteiger partial charge is 0.282 e. The lowest BCUT2D eigenvalue weighted by Gasteiger charge is -2.16. The van der Waals surface area contributed by atoms with Gasteiger partial charge in [0, 0.05) is 17.3 Å². The molecule has 3 aromatic carbocycles. The highest BCUT2D eigenvalue weighted by atomic mass is 16.5. The van der Waals surface area contributed by atoms with Gasteiger partial charge in [-0.05, 0) is 56.3 Å². The highest BCUT2D eigenvalue weighted by Gasteiger charge is 2.41. The SMILES string of the molecule is CCOc1ccc(NC2=C(c3ccccc3OC)C(=O)N(c3cccc(OCC)c3)C2=O)cc1. The van der Waals surface area contributed by atoms with Crippen LogP contribution in [0.5, 0.6) is 17.2 Å². The number of hydrogen-bond acceptors (Lipinski definition) is 6. The summed E-state index contributed by atoms with van der Waals surface area (Å²) in [5, 5.41) is 3.16. The quantitative estimate of drug-likeness (QED) is 0.460. The van der Waals surface area contributed by atoms with Gasteiger partial charge >= 0.3 is 0 Å². The highest BCUT2D eigenvalue weighted by molar-refractivity contribution is 6.46. The topological polar surface area (TPSA) is 77.1 Å². The minimum atomic E-state index is -0.464. The zero-order chi connectivity index (χ0) is 24.1. The van der Waals surface area contributed by atoms with Crippen LogP contribution in [0.4, 0.5) is 11.4 Å². The number of methoxy groups -OCH3 is 1. The van der Waals surface area contributed by atoms with Gasteiger partial charge in [0.15, 0.2) is 0 Å². The molecule has 4 rings (SSSR count). The Labute approximate surface area is 198 Å². The van der Waals surface area contributed by atoms with Crippen LogP contribution in [0.2, 0.25) is 0 Å². The van der Waals surface area contributed by atoms with Gasteiger partial charge in [0.05, 0.1) is 31.6 Å². The highest BCUT2D eigenvalue weighted by Crippen LogP contribution is 2.38. The Morgan fingerprint density at radius 3 is 2.21 bits per heavy atom. The van der Waals surface area contributed by atoms with Gasteiger partial charge in [0.25, 0.3) is 11.8 Å². The van der Waals surface area contributed by atoms with E-state index in [4.69, 9.17) is 14.2 Å². The fourth-order valence-electron chi connectivity index (χ4n) is 3.81. The molecule has 1 aliphatic heterocycles. The molecule has 0 unspecified atom stereocenters. The van der Waals surface area contributed by atoms with Crippen LogP contribution in [-0.2, 0) is 9.59 Å². The molecule has 0 aliphatic carbocycles. The van der Waals surface area contributed by atoms with Crippen molar-refractivity contribution < 1.29 is 23.8 Å². The van der Waals surface area contributed by atoms with Crippen molar-refractivity contribution in [2.75, 3.05) is 30.5 Å². The molecule has 0 radical (unpaired) electrons. The lowest BCUT2D eigenvalue weighted by molar-refractivity contribution is -0.120. The molecule has 0 fully saturated rings. The molecular weight excluding hydrogens is 432 g/mol. The van der Waals surface area contributed by atoms with E-state index in [0.717, 1.165) is 10.6 Å². The molecule has 0 atom stereocenters. The normalized spacial score (nSPS) is 13.3. The van der Waals surface area contributed by atoms with Crippen molar-refractivity contribution in [2.45, 2.75) is 13.8 Å². The average molecular weight is 459 g/mol. The number of nitrogens with one attached hydrogen (secondary N) is 1. The van der Waals surface area contributed by atoms with Gasteiger partial charge in [-0.2, -0.15) is 0 Å². The zero-order valence-corrected chi connectivity index (χ0v) is 19.3. The Kier molecular flexibility index (Phi) is 6.82. The summed E-state index contributed by atoms with van der Waals surface area (Å²) in [4.78, 5) is 28.5. The monoisotopic (exact) mass is 458 g/mol. The zero-order valence-electron chi connectivity index (χ0n) is 19.3. The maximum Gasteiger partial charge on any atom is 0.282 e. The number of rotatable bonds is 9. The van der Waals surface area contributed by atoms with Crippen LogP contribution in [0.3, 0.4) is 0 Å². The molecule has 34 heavy (non-hydrogen) atoms. The first-order valence-corrected chi connectivity index (χ1v) is 11.1. The number of carbonyl (C=O) groups excluding carboxylic acids is 2. The summed E-state index contributed by atoms with van der Waals surface area (Å²) in [6.45, 7) is 4.81. The second kappa shape index (κ2) is 10.1. The first-order valence-electron chi connectivity index (χ1n) is 11.1. The molecule has 0 saturated heterocycles. The molecule has 0 saturated carbocycles. The van der Waals surface area contributed by atoms with Crippen molar-refractivity contribution in [3.63, 3.8) is 0 Å². The average Bonchev–Trinajstić information content (AvgIpc) is 3.09. The van der Waals surface area contributed by atoms with E-state index in [2.05, 4.69) is 5.32 Å². The first-order chi connectivity index (χ1) is 16.6. The summed E-state index contributed by atoms with van der Waals surface area (Å²) in [6.07, 6.45) is 0. The minimum Gasteiger partial charge on any atom is -0.496 e. The third-order valence-electron chi connectivity index (χ3n) is 5.28. The van der Waals surface area contributed by atoms with Crippen molar-refractivity contribution in [1.29, 1.82) is 0 Å². The van der Waals surface area contributed by atoms with E-state index in [1.807, 2.05) is 19.9 Å². The van der Waals surface area contributed by atoms with Crippen LogP contribution < -0.4 is 24.4 Å². The molecule has 2 amide bonds. The molecule has 0 spiro atoms. The third kappa shape index (κ3) is 4.45. The number of anilines is 2. The molecule has 1 N–H and O–H groups in total. The third-order valence-corrected chi connectivity index (χ3v) is 5.28. The summed E-state index contributed by atoms with van der Waals surface area (Å²) < 4.78 is 16.6. The molecule has 174 valence electrons. The fraction of sp³-hybridized carbons (Fsp3) is 0.185. The lowest BCUT2D eigenvalue weighted by Crippen LogP contribution is -2.32. The number of ether oxygens (including phenoxy) is 3. The number of amides is 2. The summed E-state index contributed by atoms with van der Waals surface area (Å²) in [6, 6.07) is 21.3. The Balaban J connectivity index is 1.79. The lowest BCUT2D eigenvalue weighted by atomic mass is 10.0. The summed E-state index contributed by atoms with van der Waals surface area (Å²) in [5.41, 5.74) is 2.01. The second-order valence-corrected chi connectivity index (χ2v) is 7.41. The molecule has 7 nitrogen and oxygen atoms in total. The van der Waals surface area contributed by atoms with E-state index in [1.165, 1.54) is 7.11 Å². The summed E-state index contributed by atoms with van der Waals surface area (Å²) >= 11 is 0. The maximum atomic E-state index is 13.7. The van der Waals surface area contributed by atoms with Gasteiger partial charge in [0.2, 0.25) is 0 Å². The Morgan fingerprint density at radius 2 is 1.50 bits per heavy atom. The van der Waals surface area contributed by atoms with Crippen LogP contribution in [0.1, 0.15) is 19.4 Å². The van der Waals surface area contributed by atoms with Crippen LogP contribution in [-0.4, -0.2) is 32.1 Å². The number of nitrogens with zero attached hydrogens (tertiary/aromatic N) is 1. The largest absolute Gasteiger partial charge is 0.496 e. The van der Waals surface area contributed by atoms with Gasteiger partial charge in [-0.25, -0.2) is 4.90 Å². The van der Waals surface area contributed by atoms with Gasteiger partial charge in [-0.3, -0.25) is 9.59 Å². The number of benzene rings is 3. The van der Waals surface area contributed by atoms with E-state index in [1.54, 1.807) is 66.7 Å². The molecule has 1 heterocycles. The first kappa shape index (κ1) is 22.9. The van der Waals surface area contributed by atoms with E-state index in [0.29, 0.717) is 41.7 Å². The van der Waals surface area contributed by atoms with E-state index in [-0.39, 0.29) is 11.3 Å². The van der Waals surface area contributed by atoms with E-state index in [9.17, 15) is 9.59 Å². The standard InChI is InChI=1S/C27H26N2O5/c1-4-33-20-15-13-18(14-16-20)28-25-24(22-11-6-7-12-23(22)32-3)26(30)29(27(25)31)19-9-8-10-21(17-19)34-5-2/h6-17,28H,4-5H2,1-3H3. The molecule has 7 heteroatoms. The number of imide groups is 1. The Hall–Kier alpha value is -4.26.